The maximum atomic E-state index is 11.8. The molecular weight excluding hydrogens is 356 g/mol. The Morgan fingerprint density at radius 2 is 1.72 bits per heavy atom. The zero-order valence-electron chi connectivity index (χ0n) is 13.8. The van der Waals surface area contributed by atoms with Gasteiger partial charge in [-0.1, -0.05) is 54.6 Å². The lowest BCUT2D eigenvalue weighted by atomic mass is 10.0. The monoisotopic (exact) mass is 376 g/mol. The number of benzene rings is 2. The normalized spacial score (nSPS) is 18.8. The van der Waals surface area contributed by atoms with E-state index in [9.17, 15) is 13.2 Å². The van der Waals surface area contributed by atoms with E-state index in [1.165, 1.54) is 11.8 Å². The molecule has 0 bridgehead atoms. The number of thioether (sulfide) groups is 1. The zero-order chi connectivity index (χ0) is 17.7. The summed E-state index contributed by atoms with van der Waals surface area (Å²) < 4.78 is 28.1. The fourth-order valence-corrected chi connectivity index (χ4v) is 6.15. The Morgan fingerprint density at radius 3 is 2.36 bits per heavy atom. The smallest absolute Gasteiger partial charge is 0.316 e. The highest BCUT2D eigenvalue weighted by atomic mass is 32.2. The van der Waals surface area contributed by atoms with Gasteiger partial charge in [0.05, 0.1) is 17.3 Å². The van der Waals surface area contributed by atoms with Crippen LogP contribution in [0, 0.1) is 0 Å². The molecular formula is C19H20O4S2. The van der Waals surface area contributed by atoms with Crippen molar-refractivity contribution in [3.63, 3.8) is 0 Å². The molecule has 3 rings (SSSR count). The van der Waals surface area contributed by atoms with Gasteiger partial charge in [-0.2, -0.15) is 0 Å². The maximum Gasteiger partial charge on any atom is 0.316 e. The number of rotatable bonds is 6. The first-order valence-corrected chi connectivity index (χ1v) is 11.0. The van der Waals surface area contributed by atoms with Crippen LogP contribution in [0.2, 0.25) is 0 Å². The first-order chi connectivity index (χ1) is 12.0. The molecule has 1 heterocycles. The number of ether oxygens (including phenoxy) is 1. The number of esters is 1. The number of hydrogen-bond acceptors (Lipinski definition) is 5. The fourth-order valence-electron chi connectivity index (χ4n) is 2.71. The van der Waals surface area contributed by atoms with Crippen molar-refractivity contribution in [3.8, 4) is 11.1 Å². The molecule has 0 radical (unpaired) electrons. The summed E-state index contributed by atoms with van der Waals surface area (Å²) in [6.45, 7) is 0.234. The summed E-state index contributed by atoms with van der Waals surface area (Å²) in [5.74, 6) is 0.295. The van der Waals surface area contributed by atoms with E-state index in [4.69, 9.17) is 4.74 Å². The van der Waals surface area contributed by atoms with Gasteiger partial charge in [0.15, 0.2) is 9.84 Å². The van der Waals surface area contributed by atoms with Crippen LogP contribution in [0.4, 0.5) is 0 Å². The molecule has 1 aliphatic heterocycles. The van der Waals surface area contributed by atoms with Crippen molar-refractivity contribution in [1.82, 2.24) is 0 Å². The Kier molecular flexibility index (Phi) is 5.81. The molecule has 0 aromatic heterocycles. The molecule has 1 aliphatic rings. The lowest BCUT2D eigenvalue weighted by Crippen LogP contribution is -2.12. The Morgan fingerprint density at radius 1 is 1.04 bits per heavy atom. The Labute approximate surface area is 152 Å². The van der Waals surface area contributed by atoms with E-state index >= 15 is 0 Å². The Balaban J connectivity index is 1.44. The van der Waals surface area contributed by atoms with Crippen molar-refractivity contribution in [2.24, 2.45) is 0 Å². The third-order valence-corrected chi connectivity index (χ3v) is 7.34. The quantitative estimate of drug-likeness (QED) is 0.724. The maximum absolute atomic E-state index is 11.8. The summed E-state index contributed by atoms with van der Waals surface area (Å²) in [7, 11) is -2.90. The minimum Gasteiger partial charge on any atom is -0.460 e. The summed E-state index contributed by atoms with van der Waals surface area (Å²) in [6.07, 6.45) is 0.626. The summed E-state index contributed by atoms with van der Waals surface area (Å²) in [5.41, 5.74) is 3.20. The topological polar surface area (TPSA) is 60.4 Å². The van der Waals surface area contributed by atoms with Crippen molar-refractivity contribution in [3.05, 3.63) is 60.2 Å². The third kappa shape index (κ3) is 5.34. The largest absolute Gasteiger partial charge is 0.460 e. The van der Waals surface area contributed by atoms with Crippen molar-refractivity contribution in [1.29, 1.82) is 0 Å². The zero-order valence-corrected chi connectivity index (χ0v) is 15.4. The average Bonchev–Trinajstić information content (AvgIpc) is 2.98. The van der Waals surface area contributed by atoms with Gasteiger partial charge in [-0.3, -0.25) is 4.79 Å². The molecule has 4 nitrogen and oxygen atoms in total. The second kappa shape index (κ2) is 8.06. The number of hydrogen-bond donors (Lipinski definition) is 0. The van der Waals surface area contributed by atoms with Crippen LogP contribution in [0.5, 0.6) is 0 Å². The van der Waals surface area contributed by atoms with Crippen LogP contribution in [0.1, 0.15) is 12.0 Å². The van der Waals surface area contributed by atoms with Crippen LogP contribution in [0.15, 0.2) is 54.6 Å². The van der Waals surface area contributed by atoms with Crippen molar-refractivity contribution >= 4 is 27.6 Å². The van der Waals surface area contributed by atoms with Crippen LogP contribution in [-0.2, 0) is 26.0 Å². The summed E-state index contributed by atoms with van der Waals surface area (Å²) in [5, 5.41) is 0.0164. The predicted octanol–water partition coefficient (Wildman–Crippen LogP) is 3.32. The van der Waals surface area contributed by atoms with E-state index in [-0.39, 0.29) is 35.1 Å². The van der Waals surface area contributed by atoms with E-state index in [0.29, 0.717) is 6.42 Å². The van der Waals surface area contributed by atoms with Crippen LogP contribution in [0.25, 0.3) is 11.1 Å². The third-order valence-electron chi connectivity index (χ3n) is 4.09. The minimum absolute atomic E-state index is 0.0164. The second-order valence-corrected chi connectivity index (χ2v) is 9.58. The number of carbonyl (C=O) groups is 1. The molecule has 132 valence electrons. The highest BCUT2D eigenvalue weighted by molar-refractivity contribution is 8.02. The van der Waals surface area contributed by atoms with Gasteiger partial charge in [0.25, 0.3) is 0 Å². The fraction of sp³-hybridized carbons (Fsp3) is 0.316. The first kappa shape index (κ1) is 18.0. The van der Waals surface area contributed by atoms with Gasteiger partial charge in [0.2, 0.25) is 0 Å². The Hall–Kier alpha value is -1.79. The van der Waals surface area contributed by atoms with E-state index in [1.54, 1.807) is 0 Å². The summed E-state index contributed by atoms with van der Waals surface area (Å²) in [4.78, 5) is 11.8. The molecule has 0 amide bonds. The van der Waals surface area contributed by atoms with Gasteiger partial charge in [0.1, 0.15) is 6.61 Å². The van der Waals surface area contributed by atoms with Crippen molar-refractivity contribution in [2.45, 2.75) is 18.3 Å². The molecule has 2 aromatic rings. The molecule has 2 aromatic carbocycles. The number of sulfone groups is 1. The molecule has 6 heteroatoms. The highest BCUT2D eigenvalue weighted by Gasteiger charge is 2.28. The summed E-state index contributed by atoms with van der Waals surface area (Å²) in [6, 6.07) is 18.0. The van der Waals surface area contributed by atoms with Crippen LogP contribution in [-0.4, -0.2) is 36.9 Å². The van der Waals surface area contributed by atoms with Crippen LogP contribution in [0.3, 0.4) is 0 Å². The van der Waals surface area contributed by atoms with Gasteiger partial charge >= 0.3 is 5.97 Å². The first-order valence-electron chi connectivity index (χ1n) is 8.14. The number of carbonyl (C=O) groups excluding carboxylic acids is 1. The molecule has 0 N–H and O–H groups in total. The van der Waals surface area contributed by atoms with E-state index < -0.39 is 9.84 Å². The van der Waals surface area contributed by atoms with Crippen LogP contribution >= 0.6 is 11.8 Å². The minimum atomic E-state index is -2.90. The van der Waals surface area contributed by atoms with E-state index in [1.807, 2.05) is 42.5 Å². The van der Waals surface area contributed by atoms with Gasteiger partial charge in [-0.25, -0.2) is 8.42 Å². The molecule has 0 unspecified atom stereocenters. The lowest BCUT2D eigenvalue weighted by molar-refractivity contribution is -0.141. The van der Waals surface area contributed by atoms with E-state index in [2.05, 4.69) is 12.1 Å². The standard InChI is InChI=1S/C19H20O4S2/c20-19(13-24-18-10-11-25(21,22)14-18)23-12-15-6-8-17(9-7-15)16-4-2-1-3-5-16/h1-9,18H,10-14H2/t18-/m1/s1. The molecule has 1 saturated heterocycles. The lowest BCUT2D eigenvalue weighted by Gasteiger charge is -2.08. The molecule has 0 saturated carbocycles. The van der Waals surface area contributed by atoms with Gasteiger partial charge in [-0.05, 0) is 23.1 Å². The summed E-state index contributed by atoms with van der Waals surface area (Å²) >= 11 is 1.38. The second-order valence-electron chi connectivity index (χ2n) is 6.06. The van der Waals surface area contributed by atoms with Crippen molar-refractivity contribution < 1.29 is 17.9 Å². The molecule has 1 fully saturated rings. The highest BCUT2D eigenvalue weighted by Crippen LogP contribution is 2.24. The predicted molar refractivity (Wildman–Crippen MR) is 101 cm³/mol. The van der Waals surface area contributed by atoms with Gasteiger partial charge in [0, 0.05) is 5.25 Å². The molecule has 25 heavy (non-hydrogen) atoms. The Bertz CT molecular complexity index is 814. The van der Waals surface area contributed by atoms with Crippen LogP contribution < -0.4 is 0 Å². The van der Waals surface area contributed by atoms with Gasteiger partial charge in [-0.15, -0.1) is 11.8 Å². The van der Waals surface area contributed by atoms with E-state index in [0.717, 1.165) is 16.7 Å². The van der Waals surface area contributed by atoms with Crippen molar-refractivity contribution in [2.75, 3.05) is 17.3 Å². The van der Waals surface area contributed by atoms with Gasteiger partial charge < -0.3 is 4.74 Å². The average molecular weight is 376 g/mol. The molecule has 0 aliphatic carbocycles. The SMILES string of the molecule is O=C(CS[C@@H]1CCS(=O)(=O)C1)OCc1ccc(-c2ccccc2)cc1. The molecule has 1 atom stereocenters. The molecule has 0 spiro atoms.